The van der Waals surface area contributed by atoms with Gasteiger partial charge in [0.15, 0.2) is 0 Å². The second kappa shape index (κ2) is 6.58. The normalized spacial score (nSPS) is 17.6. The zero-order chi connectivity index (χ0) is 14.7. The average Bonchev–Trinajstić information content (AvgIpc) is 2.84. The summed E-state index contributed by atoms with van der Waals surface area (Å²) in [4.78, 5) is 2.58. The summed E-state index contributed by atoms with van der Waals surface area (Å²) in [6.45, 7) is 6.84. The van der Waals surface area contributed by atoms with E-state index in [-0.39, 0.29) is 0 Å². The Labute approximate surface area is 127 Å². The highest BCUT2D eigenvalue weighted by atomic mass is 15.3. The van der Waals surface area contributed by atoms with E-state index >= 15 is 0 Å². The first kappa shape index (κ1) is 14.5. The van der Waals surface area contributed by atoms with Crippen molar-refractivity contribution in [2.24, 2.45) is 7.05 Å². The number of benzene rings is 1. The summed E-state index contributed by atoms with van der Waals surface area (Å²) < 4.78 is 1.98. The molecule has 0 atom stereocenters. The molecule has 1 aromatic heterocycles. The maximum atomic E-state index is 4.66. The molecule has 4 heteroatoms. The quantitative estimate of drug-likeness (QED) is 0.917. The first-order chi connectivity index (χ1) is 10.3. The van der Waals surface area contributed by atoms with Crippen molar-refractivity contribution in [2.75, 3.05) is 19.6 Å². The highest BCUT2D eigenvalue weighted by Gasteiger charge is 2.18. The molecule has 3 rings (SSSR count). The van der Waals surface area contributed by atoms with E-state index in [0.29, 0.717) is 6.04 Å². The molecule has 0 unspecified atom stereocenters. The number of para-hydroxylation sites is 1. The van der Waals surface area contributed by atoms with Crippen molar-refractivity contribution in [1.82, 2.24) is 20.0 Å². The molecule has 0 bridgehead atoms. The van der Waals surface area contributed by atoms with E-state index in [9.17, 15) is 0 Å². The van der Waals surface area contributed by atoms with E-state index < -0.39 is 0 Å². The third-order valence-electron chi connectivity index (χ3n) is 4.52. The monoisotopic (exact) mass is 286 g/mol. The van der Waals surface area contributed by atoms with Gasteiger partial charge >= 0.3 is 0 Å². The van der Waals surface area contributed by atoms with Crippen LogP contribution in [0.2, 0.25) is 0 Å². The minimum Gasteiger partial charge on any atom is -0.308 e. The number of aromatic nitrogens is 2. The lowest BCUT2D eigenvalue weighted by molar-refractivity contribution is 0.197. The van der Waals surface area contributed by atoms with Crippen LogP contribution in [0.5, 0.6) is 0 Å². The smallest absolute Gasteiger partial charge is 0.0841 e. The van der Waals surface area contributed by atoms with Gasteiger partial charge in [0.05, 0.1) is 11.2 Å². The summed E-state index contributed by atoms with van der Waals surface area (Å²) in [5, 5.41) is 9.64. The van der Waals surface area contributed by atoms with Crippen molar-refractivity contribution in [3.05, 3.63) is 30.0 Å². The molecule has 0 radical (unpaired) electrons. The Morgan fingerprint density at radius 2 is 2.00 bits per heavy atom. The SMILES string of the molecule is CCCN1CCC(NCc2nn(C)c3ccccc23)CC1. The van der Waals surface area contributed by atoms with Gasteiger partial charge in [-0.2, -0.15) is 5.10 Å². The lowest BCUT2D eigenvalue weighted by atomic mass is 10.0. The van der Waals surface area contributed by atoms with Gasteiger partial charge in [-0.3, -0.25) is 4.68 Å². The molecule has 0 saturated carbocycles. The van der Waals surface area contributed by atoms with Crippen LogP contribution in [0.25, 0.3) is 10.9 Å². The van der Waals surface area contributed by atoms with Crippen molar-refractivity contribution in [2.45, 2.75) is 38.8 Å². The first-order valence-electron chi connectivity index (χ1n) is 8.14. The summed E-state index contributed by atoms with van der Waals surface area (Å²) in [5.41, 5.74) is 2.39. The van der Waals surface area contributed by atoms with Crippen LogP contribution >= 0.6 is 0 Å². The number of nitrogens with zero attached hydrogens (tertiary/aromatic N) is 3. The summed E-state index contributed by atoms with van der Waals surface area (Å²) in [6, 6.07) is 9.11. The molecule has 0 amide bonds. The topological polar surface area (TPSA) is 33.1 Å². The summed E-state index contributed by atoms with van der Waals surface area (Å²) >= 11 is 0. The fourth-order valence-corrected chi connectivity index (χ4v) is 3.34. The van der Waals surface area contributed by atoms with Gasteiger partial charge in [-0.25, -0.2) is 0 Å². The molecule has 1 aliphatic rings. The van der Waals surface area contributed by atoms with Gasteiger partial charge in [0.1, 0.15) is 0 Å². The molecule has 2 heterocycles. The lowest BCUT2D eigenvalue weighted by Crippen LogP contribution is -2.42. The van der Waals surface area contributed by atoms with E-state index in [1.165, 1.54) is 55.5 Å². The summed E-state index contributed by atoms with van der Waals surface area (Å²) in [5.74, 6) is 0. The molecule has 2 aromatic rings. The molecular weight excluding hydrogens is 260 g/mol. The third-order valence-corrected chi connectivity index (χ3v) is 4.52. The Hall–Kier alpha value is -1.39. The molecule has 1 N–H and O–H groups in total. The zero-order valence-electron chi connectivity index (χ0n) is 13.2. The molecule has 0 aliphatic carbocycles. The third kappa shape index (κ3) is 3.27. The molecule has 1 saturated heterocycles. The highest BCUT2D eigenvalue weighted by Crippen LogP contribution is 2.18. The van der Waals surface area contributed by atoms with Crippen LogP contribution < -0.4 is 5.32 Å². The molecule has 0 spiro atoms. The number of rotatable bonds is 5. The van der Waals surface area contributed by atoms with E-state index in [1.807, 2.05) is 11.7 Å². The van der Waals surface area contributed by atoms with Crippen molar-refractivity contribution >= 4 is 10.9 Å². The molecule has 4 nitrogen and oxygen atoms in total. The van der Waals surface area contributed by atoms with E-state index in [0.717, 1.165) is 6.54 Å². The largest absolute Gasteiger partial charge is 0.308 e. The Balaban J connectivity index is 1.58. The molecule has 1 aliphatic heterocycles. The van der Waals surface area contributed by atoms with E-state index in [4.69, 9.17) is 0 Å². The Bertz CT molecular complexity index is 581. The van der Waals surface area contributed by atoms with Gasteiger partial charge in [0.25, 0.3) is 0 Å². The molecular formula is C17H26N4. The van der Waals surface area contributed by atoms with Crippen LogP contribution in [-0.4, -0.2) is 40.4 Å². The van der Waals surface area contributed by atoms with Gasteiger partial charge in [-0.05, 0) is 45.0 Å². The average molecular weight is 286 g/mol. The number of aryl methyl sites for hydroxylation is 1. The predicted octanol–water partition coefficient (Wildman–Crippen LogP) is 2.54. The maximum Gasteiger partial charge on any atom is 0.0841 e. The molecule has 1 aromatic carbocycles. The fourth-order valence-electron chi connectivity index (χ4n) is 3.34. The predicted molar refractivity (Wildman–Crippen MR) is 87.3 cm³/mol. The van der Waals surface area contributed by atoms with Gasteiger partial charge in [-0.1, -0.05) is 25.1 Å². The standard InChI is InChI=1S/C17H26N4/c1-3-10-21-11-8-14(9-12-21)18-13-16-15-6-4-5-7-17(15)20(2)19-16/h4-7,14,18H,3,8-13H2,1-2H3. The number of hydrogen-bond acceptors (Lipinski definition) is 3. The number of hydrogen-bond donors (Lipinski definition) is 1. The van der Waals surface area contributed by atoms with Crippen molar-refractivity contribution in [3.8, 4) is 0 Å². The van der Waals surface area contributed by atoms with Gasteiger partial charge in [-0.15, -0.1) is 0 Å². The Morgan fingerprint density at radius 3 is 2.76 bits per heavy atom. The van der Waals surface area contributed by atoms with Crippen LogP contribution in [0.4, 0.5) is 0 Å². The number of fused-ring (bicyclic) bond motifs is 1. The molecule has 21 heavy (non-hydrogen) atoms. The Morgan fingerprint density at radius 1 is 1.24 bits per heavy atom. The Kier molecular flexibility index (Phi) is 4.56. The van der Waals surface area contributed by atoms with Crippen LogP contribution in [0.1, 0.15) is 31.9 Å². The summed E-state index contributed by atoms with van der Waals surface area (Å²) in [7, 11) is 2.02. The molecule has 1 fully saturated rings. The van der Waals surface area contributed by atoms with E-state index in [1.54, 1.807) is 0 Å². The van der Waals surface area contributed by atoms with Gasteiger partial charge in [0.2, 0.25) is 0 Å². The van der Waals surface area contributed by atoms with E-state index in [2.05, 4.69) is 46.5 Å². The number of piperidine rings is 1. The van der Waals surface area contributed by atoms with Crippen molar-refractivity contribution in [3.63, 3.8) is 0 Å². The summed E-state index contributed by atoms with van der Waals surface area (Å²) in [6.07, 6.45) is 3.77. The van der Waals surface area contributed by atoms with Gasteiger partial charge in [0, 0.05) is 25.0 Å². The lowest BCUT2D eigenvalue weighted by Gasteiger charge is -2.32. The van der Waals surface area contributed by atoms with Crippen LogP contribution in [0.15, 0.2) is 24.3 Å². The number of nitrogens with one attached hydrogen (secondary N) is 1. The van der Waals surface area contributed by atoms with Crippen LogP contribution in [0.3, 0.4) is 0 Å². The van der Waals surface area contributed by atoms with Crippen molar-refractivity contribution < 1.29 is 0 Å². The minimum absolute atomic E-state index is 0.638. The molecule has 114 valence electrons. The minimum atomic E-state index is 0.638. The fraction of sp³-hybridized carbons (Fsp3) is 0.588. The highest BCUT2D eigenvalue weighted by molar-refractivity contribution is 5.81. The second-order valence-electron chi connectivity index (χ2n) is 6.08. The van der Waals surface area contributed by atoms with Crippen molar-refractivity contribution in [1.29, 1.82) is 0 Å². The van der Waals surface area contributed by atoms with Crippen LogP contribution in [0, 0.1) is 0 Å². The first-order valence-corrected chi connectivity index (χ1v) is 8.14. The zero-order valence-corrected chi connectivity index (χ0v) is 13.2. The van der Waals surface area contributed by atoms with Gasteiger partial charge < -0.3 is 10.2 Å². The maximum absolute atomic E-state index is 4.66. The second-order valence-corrected chi connectivity index (χ2v) is 6.08. The number of likely N-dealkylation sites (tertiary alicyclic amines) is 1. The van der Waals surface area contributed by atoms with Crippen LogP contribution in [-0.2, 0) is 13.6 Å².